The van der Waals surface area contributed by atoms with E-state index in [4.69, 9.17) is 4.74 Å². The Bertz CT molecular complexity index is 1340. The lowest BCUT2D eigenvalue weighted by atomic mass is 10.0. The zero-order valence-corrected chi connectivity index (χ0v) is 20.3. The summed E-state index contributed by atoms with van der Waals surface area (Å²) in [7, 11) is -3.89. The predicted octanol–water partition coefficient (Wildman–Crippen LogP) is 2.55. The minimum atomic E-state index is -3.89. The van der Waals surface area contributed by atoms with Crippen molar-refractivity contribution in [2.45, 2.75) is 38.1 Å². The quantitative estimate of drug-likeness (QED) is 0.569. The van der Waals surface area contributed by atoms with E-state index in [1.54, 1.807) is 6.92 Å². The Balaban J connectivity index is 1.63. The SMILES string of the molecule is Cc1sc2ncn(CC(=O)Nc3ccc(C(C)C)cc3)c(=O)c2c1S(=O)(=O)N1CCOCC1. The average Bonchev–Trinajstić information content (AvgIpc) is 3.14. The first kappa shape index (κ1) is 23.6. The molecule has 1 N–H and O–H groups in total. The van der Waals surface area contributed by atoms with Gasteiger partial charge < -0.3 is 10.1 Å². The van der Waals surface area contributed by atoms with Gasteiger partial charge in [0.05, 0.1) is 24.9 Å². The Kier molecular flexibility index (Phi) is 6.66. The number of morpholine rings is 1. The van der Waals surface area contributed by atoms with Crippen molar-refractivity contribution in [3.63, 3.8) is 0 Å². The highest BCUT2D eigenvalue weighted by molar-refractivity contribution is 7.89. The Morgan fingerprint density at radius 3 is 2.52 bits per heavy atom. The second kappa shape index (κ2) is 9.34. The summed E-state index contributed by atoms with van der Waals surface area (Å²) < 4.78 is 34.3. The second-order valence-electron chi connectivity index (χ2n) is 8.19. The monoisotopic (exact) mass is 490 g/mol. The van der Waals surface area contributed by atoms with Crippen molar-refractivity contribution in [1.82, 2.24) is 13.9 Å². The molecule has 9 nitrogen and oxygen atoms in total. The number of aryl methyl sites for hydroxylation is 1. The minimum absolute atomic E-state index is 0.0269. The number of anilines is 1. The van der Waals surface area contributed by atoms with E-state index in [0.29, 0.717) is 34.5 Å². The van der Waals surface area contributed by atoms with Crippen LogP contribution in [-0.2, 0) is 26.1 Å². The topological polar surface area (TPSA) is 111 Å². The molecule has 0 radical (unpaired) electrons. The van der Waals surface area contributed by atoms with Crippen LogP contribution in [0.25, 0.3) is 10.2 Å². The van der Waals surface area contributed by atoms with Crippen LogP contribution >= 0.6 is 11.3 Å². The maximum atomic E-state index is 13.3. The fourth-order valence-electron chi connectivity index (χ4n) is 3.76. The number of rotatable bonds is 6. The first-order valence-corrected chi connectivity index (χ1v) is 12.9. The molecule has 3 aromatic rings. The molecule has 176 valence electrons. The summed E-state index contributed by atoms with van der Waals surface area (Å²) in [5.74, 6) is -0.0248. The third-order valence-electron chi connectivity index (χ3n) is 5.54. The van der Waals surface area contributed by atoms with Gasteiger partial charge >= 0.3 is 0 Å². The summed E-state index contributed by atoms with van der Waals surface area (Å²) in [6.07, 6.45) is 1.28. The van der Waals surface area contributed by atoms with Gasteiger partial charge in [0.1, 0.15) is 16.3 Å². The van der Waals surface area contributed by atoms with E-state index >= 15 is 0 Å². The lowest BCUT2D eigenvalue weighted by Crippen LogP contribution is -2.41. The number of amides is 1. The van der Waals surface area contributed by atoms with E-state index in [9.17, 15) is 18.0 Å². The molecule has 1 amide bonds. The van der Waals surface area contributed by atoms with Gasteiger partial charge in [0.15, 0.2) is 0 Å². The van der Waals surface area contributed by atoms with Gasteiger partial charge in [0.2, 0.25) is 15.9 Å². The van der Waals surface area contributed by atoms with Gasteiger partial charge in [-0.2, -0.15) is 4.31 Å². The van der Waals surface area contributed by atoms with Crippen molar-refractivity contribution in [1.29, 1.82) is 0 Å². The van der Waals surface area contributed by atoms with E-state index in [1.807, 2.05) is 24.3 Å². The van der Waals surface area contributed by atoms with Gasteiger partial charge in [-0.1, -0.05) is 26.0 Å². The Morgan fingerprint density at radius 1 is 1.21 bits per heavy atom. The van der Waals surface area contributed by atoms with Crippen molar-refractivity contribution in [2.75, 3.05) is 31.6 Å². The first-order chi connectivity index (χ1) is 15.7. The third-order valence-corrected chi connectivity index (χ3v) is 8.76. The van der Waals surface area contributed by atoms with Crippen molar-refractivity contribution in [3.8, 4) is 0 Å². The molecule has 33 heavy (non-hydrogen) atoms. The number of aromatic nitrogens is 2. The van der Waals surface area contributed by atoms with Crippen LogP contribution in [-0.4, -0.2) is 54.5 Å². The Morgan fingerprint density at radius 2 is 1.88 bits per heavy atom. The first-order valence-electron chi connectivity index (χ1n) is 10.6. The number of carbonyl (C=O) groups is 1. The van der Waals surface area contributed by atoms with Crippen LogP contribution in [0.1, 0.15) is 30.2 Å². The number of nitrogens with one attached hydrogen (secondary N) is 1. The van der Waals surface area contributed by atoms with E-state index in [0.717, 1.165) is 21.5 Å². The summed E-state index contributed by atoms with van der Waals surface area (Å²) in [5.41, 5.74) is 1.22. The molecule has 1 aromatic carbocycles. The number of ether oxygens (including phenoxy) is 1. The maximum Gasteiger partial charge on any atom is 0.263 e. The van der Waals surface area contributed by atoms with Crippen LogP contribution < -0.4 is 10.9 Å². The molecule has 1 aliphatic rings. The molecule has 0 spiro atoms. The largest absolute Gasteiger partial charge is 0.379 e. The summed E-state index contributed by atoms with van der Waals surface area (Å²) >= 11 is 1.16. The molecular weight excluding hydrogens is 464 g/mol. The van der Waals surface area contributed by atoms with E-state index < -0.39 is 21.5 Å². The van der Waals surface area contributed by atoms with Crippen LogP contribution in [0.5, 0.6) is 0 Å². The molecule has 0 bridgehead atoms. The predicted molar refractivity (Wildman–Crippen MR) is 127 cm³/mol. The Hall–Kier alpha value is -2.60. The van der Waals surface area contributed by atoms with E-state index in [-0.39, 0.29) is 29.9 Å². The van der Waals surface area contributed by atoms with Crippen LogP contribution in [0.2, 0.25) is 0 Å². The molecule has 11 heteroatoms. The summed E-state index contributed by atoms with van der Waals surface area (Å²) in [4.78, 5) is 30.9. The van der Waals surface area contributed by atoms with Crippen molar-refractivity contribution in [2.24, 2.45) is 0 Å². The molecule has 0 atom stereocenters. The average molecular weight is 491 g/mol. The van der Waals surface area contributed by atoms with Gasteiger partial charge in [-0.25, -0.2) is 13.4 Å². The Labute approximate surface area is 196 Å². The smallest absolute Gasteiger partial charge is 0.263 e. The summed E-state index contributed by atoms with van der Waals surface area (Å²) in [6.45, 7) is 6.63. The molecule has 0 saturated carbocycles. The second-order valence-corrected chi connectivity index (χ2v) is 11.3. The van der Waals surface area contributed by atoms with Gasteiger partial charge in [0, 0.05) is 23.7 Å². The van der Waals surface area contributed by atoms with Gasteiger partial charge in [-0.15, -0.1) is 11.3 Å². The third kappa shape index (κ3) is 4.72. The molecule has 3 heterocycles. The lowest BCUT2D eigenvalue weighted by Gasteiger charge is -2.26. The number of hydrogen-bond acceptors (Lipinski definition) is 7. The molecule has 4 rings (SSSR count). The van der Waals surface area contributed by atoms with Gasteiger partial charge in [0.25, 0.3) is 5.56 Å². The molecule has 1 aliphatic heterocycles. The fourth-order valence-corrected chi connectivity index (χ4v) is 6.83. The number of hydrogen-bond donors (Lipinski definition) is 1. The molecular formula is C22H26N4O5S2. The molecule has 0 unspecified atom stereocenters. The highest BCUT2D eigenvalue weighted by Gasteiger charge is 2.32. The van der Waals surface area contributed by atoms with E-state index in [1.165, 1.54) is 10.6 Å². The minimum Gasteiger partial charge on any atom is -0.379 e. The maximum absolute atomic E-state index is 13.3. The van der Waals surface area contributed by atoms with Gasteiger partial charge in [-0.05, 0) is 30.5 Å². The van der Waals surface area contributed by atoms with Crippen LogP contribution in [0, 0.1) is 6.92 Å². The van der Waals surface area contributed by atoms with Crippen molar-refractivity contribution in [3.05, 3.63) is 51.4 Å². The van der Waals surface area contributed by atoms with Crippen molar-refractivity contribution < 1.29 is 17.9 Å². The zero-order valence-electron chi connectivity index (χ0n) is 18.7. The standard InChI is InChI=1S/C22H26N4O5S2/c1-14(2)16-4-6-17(7-5-16)24-18(27)12-25-13-23-21-19(22(25)28)20(15(3)32-21)33(29,30)26-8-10-31-11-9-26/h4-7,13-14H,8-12H2,1-3H3,(H,24,27). The van der Waals surface area contributed by atoms with Crippen LogP contribution in [0.15, 0.2) is 40.3 Å². The molecule has 1 saturated heterocycles. The van der Waals surface area contributed by atoms with Crippen molar-refractivity contribution >= 4 is 43.2 Å². The molecule has 0 aliphatic carbocycles. The summed E-state index contributed by atoms with van der Waals surface area (Å²) in [6, 6.07) is 7.51. The number of sulfonamides is 1. The zero-order chi connectivity index (χ0) is 23.8. The summed E-state index contributed by atoms with van der Waals surface area (Å²) in [5, 5.41) is 2.80. The number of thiophene rings is 1. The number of fused-ring (bicyclic) bond motifs is 1. The molecule has 1 fully saturated rings. The highest BCUT2D eigenvalue weighted by Crippen LogP contribution is 2.33. The number of benzene rings is 1. The molecule has 2 aromatic heterocycles. The van der Waals surface area contributed by atoms with E-state index in [2.05, 4.69) is 24.1 Å². The van der Waals surface area contributed by atoms with Gasteiger partial charge in [-0.3, -0.25) is 14.2 Å². The highest BCUT2D eigenvalue weighted by atomic mass is 32.2. The van der Waals surface area contributed by atoms with Crippen LogP contribution in [0.4, 0.5) is 5.69 Å². The fraction of sp³-hybridized carbons (Fsp3) is 0.409. The normalized spacial score (nSPS) is 15.3. The lowest BCUT2D eigenvalue weighted by molar-refractivity contribution is -0.116. The number of carbonyl (C=O) groups excluding carboxylic acids is 1. The van der Waals surface area contributed by atoms with Crippen LogP contribution in [0.3, 0.4) is 0 Å². The number of nitrogens with zero attached hydrogens (tertiary/aromatic N) is 3.